The molecule has 5 nitrogen and oxygen atoms in total. The summed E-state index contributed by atoms with van der Waals surface area (Å²) in [6.07, 6.45) is 0. The Hall–Kier alpha value is -2.05. The van der Waals surface area contributed by atoms with Crippen molar-refractivity contribution in [3.8, 4) is 11.5 Å². The van der Waals surface area contributed by atoms with E-state index in [1.165, 1.54) is 0 Å². The van der Waals surface area contributed by atoms with Crippen LogP contribution in [0.2, 0.25) is 0 Å². The van der Waals surface area contributed by atoms with Gasteiger partial charge in [-0.1, -0.05) is 34.1 Å². The lowest BCUT2D eigenvalue weighted by Crippen LogP contribution is -2.36. The zero-order valence-corrected chi connectivity index (χ0v) is 16.2. The van der Waals surface area contributed by atoms with Crippen molar-refractivity contribution in [2.24, 2.45) is 0 Å². The average molecular weight is 407 g/mol. The second-order valence-electron chi connectivity index (χ2n) is 5.81. The summed E-state index contributed by atoms with van der Waals surface area (Å²) in [6, 6.07) is 15.3. The average Bonchev–Trinajstić information content (AvgIpc) is 2.60. The molecule has 25 heavy (non-hydrogen) atoms. The van der Waals surface area contributed by atoms with Crippen LogP contribution in [-0.2, 0) is 4.79 Å². The van der Waals surface area contributed by atoms with Crippen LogP contribution in [0.15, 0.2) is 53.0 Å². The Labute approximate surface area is 157 Å². The number of nitrogens with zero attached hydrogens (tertiary/aromatic N) is 1. The maximum Gasteiger partial charge on any atom is 0.258 e. The minimum Gasteiger partial charge on any atom is -0.497 e. The van der Waals surface area contributed by atoms with Crippen LogP contribution in [0.3, 0.4) is 0 Å². The number of benzene rings is 2. The summed E-state index contributed by atoms with van der Waals surface area (Å²) in [7, 11) is 5.60. The maximum absolute atomic E-state index is 12.1. The molecule has 6 heteroatoms. The molecule has 2 rings (SSSR count). The second kappa shape index (κ2) is 9.44. The number of methoxy groups -OCH3 is 1. The Morgan fingerprint density at radius 1 is 1.16 bits per heavy atom. The molecule has 0 radical (unpaired) electrons. The fraction of sp³-hybridized carbons (Fsp3) is 0.316. The topological polar surface area (TPSA) is 50.8 Å². The third-order valence-corrected chi connectivity index (χ3v) is 4.25. The van der Waals surface area contributed by atoms with E-state index in [9.17, 15) is 4.79 Å². The van der Waals surface area contributed by atoms with Crippen molar-refractivity contribution in [3.05, 3.63) is 58.6 Å². The molecule has 1 amide bonds. The van der Waals surface area contributed by atoms with E-state index in [2.05, 4.69) is 26.1 Å². The lowest BCUT2D eigenvalue weighted by molar-refractivity contribution is -0.123. The molecule has 1 atom stereocenters. The molecule has 0 unspecified atom stereocenters. The van der Waals surface area contributed by atoms with Crippen molar-refractivity contribution in [2.45, 2.75) is 6.04 Å². The van der Waals surface area contributed by atoms with Gasteiger partial charge in [0.15, 0.2) is 6.61 Å². The van der Waals surface area contributed by atoms with Crippen molar-refractivity contribution in [1.29, 1.82) is 0 Å². The minimum atomic E-state index is -0.158. The molecular weight excluding hydrogens is 384 g/mol. The summed E-state index contributed by atoms with van der Waals surface area (Å²) in [5.74, 6) is 1.30. The quantitative estimate of drug-likeness (QED) is 0.730. The van der Waals surface area contributed by atoms with E-state index in [-0.39, 0.29) is 18.6 Å². The molecule has 0 bridgehead atoms. The van der Waals surface area contributed by atoms with Gasteiger partial charge >= 0.3 is 0 Å². The molecule has 0 aliphatic rings. The summed E-state index contributed by atoms with van der Waals surface area (Å²) < 4.78 is 11.7. The van der Waals surface area contributed by atoms with Crippen molar-refractivity contribution in [3.63, 3.8) is 0 Å². The molecule has 0 heterocycles. The smallest absolute Gasteiger partial charge is 0.258 e. The highest BCUT2D eigenvalue weighted by Gasteiger charge is 2.16. The van der Waals surface area contributed by atoms with Crippen LogP contribution in [0.25, 0.3) is 0 Å². The van der Waals surface area contributed by atoms with Crippen LogP contribution in [0.4, 0.5) is 0 Å². The Kier molecular flexibility index (Phi) is 7.28. The zero-order chi connectivity index (χ0) is 18.2. The fourth-order valence-electron chi connectivity index (χ4n) is 2.41. The van der Waals surface area contributed by atoms with Crippen molar-refractivity contribution in [1.82, 2.24) is 10.2 Å². The van der Waals surface area contributed by atoms with Gasteiger partial charge in [-0.25, -0.2) is 0 Å². The lowest BCUT2D eigenvalue weighted by Gasteiger charge is -2.25. The Morgan fingerprint density at radius 3 is 2.56 bits per heavy atom. The highest BCUT2D eigenvalue weighted by atomic mass is 79.9. The maximum atomic E-state index is 12.1. The summed E-state index contributed by atoms with van der Waals surface area (Å²) in [5.41, 5.74) is 1.08. The number of halogens is 1. The third-order valence-electron chi connectivity index (χ3n) is 3.76. The Morgan fingerprint density at radius 2 is 1.88 bits per heavy atom. The van der Waals surface area contributed by atoms with Crippen LogP contribution in [-0.4, -0.2) is 45.2 Å². The standard InChI is InChI=1S/C19H23BrN2O3/c1-22(2)18(14-6-4-8-16(10-14)24-3)12-21-19(23)13-25-17-9-5-7-15(20)11-17/h4-11,18H,12-13H2,1-3H3,(H,21,23)/t18-/m0/s1. The van der Waals surface area contributed by atoms with E-state index in [0.717, 1.165) is 15.8 Å². The first-order chi connectivity index (χ1) is 12.0. The van der Waals surface area contributed by atoms with Gasteiger partial charge in [0.1, 0.15) is 11.5 Å². The van der Waals surface area contributed by atoms with E-state index < -0.39 is 0 Å². The van der Waals surface area contributed by atoms with Crippen molar-refractivity contribution in [2.75, 3.05) is 34.4 Å². The first-order valence-electron chi connectivity index (χ1n) is 7.95. The van der Waals surface area contributed by atoms with Crippen LogP contribution in [0, 0.1) is 0 Å². The van der Waals surface area contributed by atoms with Gasteiger partial charge in [-0.15, -0.1) is 0 Å². The van der Waals surface area contributed by atoms with Gasteiger partial charge in [0.05, 0.1) is 13.2 Å². The van der Waals surface area contributed by atoms with Gasteiger partial charge in [0.2, 0.25) is 0 Å². The predicted molar refractivity (Wildman–Crippen MR) is 102 cm³/mol. The summed E-state index contributed by atoms with van der Waals surface area (Å²) >= 11 is 3.38. The number of nitrogens with one attached hydrogen (secondary N) is 1. The van der Waals surface area contributed by atoms with Gasteiger partial charge < -0.3 is 19.7 Å². The molecule has 0 saturated carbocycles. The SMILES string of the molecule is COc1cccc([C@H](CNC(=O)COc2cccc(Br)c2)N(C)C)c1. The minimum absolute atomic E-state index is 0.0191. The Balaban J connectivity index is 1.90. The fourth-order valence-corrected chi connectivity index (χ4v) is 2.79. The van der Waals surface area contributed by atoms with Crippen LogP contribution >= 0.6 is 15.9 Å². The molecule has 0 spiro atoms. The zero-order valence-electron chi connectivity index (χ0n) is 14.7. The number of carbonyl (C=O) groups excluding carboxylic acids is 1. The molecule has 0 aromatic heterocycles. The molecular formula is C19H23BrN2O3. The third kappa shape index (κ3) is 6.07. The van der Waals surface area contributed by atoms with Crippen LogP contribution in [0.1, 0.15) is 11.6 Å². The number of amides is 1. The highest BCUT2D eigenvalue weighted by Crippen LogP contribution is 2.22. The van der Waals surface area contributed by atoms with Crippen LogP contribution in [0.5, 0.6) is 11.5 Å². The Bertz CT molecular complexity index is 707. The number of hydrogen-bond acceptors (Lipinski definition) is 4. The number of ether oxygens (including phenoxy) is 2. The van der Waals surface area contributed by atoms with Gasteiger partial charge in [-0.3, -0.25) is 4.79 Å². The normalized spacial score (nSPS) is 11.9. The molecule has 2 aromatic carbocycles. The predicted octanol–water partition coefficient (Wildman–Crippen LogP) is 3.26. The van der Waals surface area contributed by atoms with Gasteiger partial charge in [0, 0.05) is 11.0 Å². The monoisotopic (exact) mass is 406 g/mol. The molecule has 0 aliphatic carbocycles. The molecule has 0 aliphatic heterocycles. The molecule has 0 saturated heterocycles. The summed E-state index contributed by atoms with van der Waals surface area (Å²) in [4.78, 5) is 14.2. The van der Waals surface area contributed by atoms with E-state index in [1.807, 2.05) is 62.6 Å². The number of hydrogen-bond donors (Lipinski definition) is 1. The van der Waals surface area contributed by atoms with E-state index in [0.29, 0.717) is 12.3 Å². The van der Waals surface area contributed by atoms with E-state index in [4.69, 9.17) is 9.47 Å². The van der Waals surface area contributed by atoms with Gasteiger partial charge in [0.25, 0.3) is 5.91 Å². The van der Waals surface area contributed by atoms with Gasteiger partial charge in [-0.05, 0) is 50.0 Å². The highest BCUT2D eigenvalue weighted by molar-refractivity contribution is 9.10. The first kappa shape index (κ1) is 19.3. The lowest BCUT2D eigenvalue weighted by atomic mass is 10.1. The van der Waals surface area contributed by atoms with Crippen LogP contribution < -0.4 is 14.8 Å². The van der Waals surface area contributed by atoms with Crippen molar-refractivity contribution < 1.29 is 14.3 Å². The molecule has 1 N–H and O–H groups in total. The largest absolute Gasteiger partial charge is 0.497 e. The molecule has 2 aromatic rings. The molecule has 0 fully saturated rings. The number of carbonyl (C=O) groups is 1. The second-order valence-corrected chi connectivity index (χ2v) is 6.72. The summed E-state index contributed by atoms with van der Waals surface area (Å²) in [6.45, 7) is 0.468. The number of likely N-dealkylation sites (N-methyl/N-ethyl adjacent to an activating group) is 1. The summed E-state index contributed by atoms with van der Waals surface area (Å²) in [5, 5.41) is 2.93. The van der Waals surface area contributed by atoms with E-state index >= 15 is 0 Å². The molecule has 134 valence electrons. The first-order valence-corrected chi connectivity index (χ1v) is 8.74. The van der Waals surface area contributed by atoms with E-state index in [1.54, 1.807) is 7.11 Å². The van der Waals surface area contributed by atoms with Gasteiger partial charge in [-0.2, -0.15) is 0 Å². The number of rotatable bonds is 8. The van der Waals surface area contributed by atoms with Crippen molar-refractivity contribution >= 4 is 21.8 Å².